The number of hydrogen-bond acceptors (Lipinski definition) is 3. The second-order valence-electron chi connectivity index (χ2n) is 5.75. The Labute approximate surface area is 134 Å². The monoisotopic (exact) mass is 331 g/mol. The molecule has 1 aromatic rings. The third-order valence-corrected chi connectivity index (χ3v) is 3.56. The number of carbonyl (C=O) groups is 2. The van der Waals surface area contributed by atoms with Crippen LogP contribution in [0.4, 0.5) is 0 Å². The first-order chi connectivity index (χ1) is 9.70. The van der Waals surface area contributed by atoms with Crippen molar-refractivity contribution in [1.29, 1.82) is 0 Å². The lowest BCUT2D eigenvalue weighted by molar-refractivity contribution is -0.118. The number of alkyl halides is 2. The first-order valence-corrected chi connectivity index (χ1v) is 7.55. The van der Waals surface area contributed by atoms with Gasteiger partial charge in [-0.15, -0.1) is 23.2 Å². The van der Waals surface area contributed by atoms with Crippen LogP contribution in [0.3, 0.4) is 0 Å². The van der Waals surface area contributed by atoms with E-state index in [1.165, 1.54) is 0 Å². The average Bonchev–Trinajstić information content (AvgIpc) is 2.43. The molecule has 0 aliphatic rings. The fraction of sp³-hybridized carbons (Fsp3) is 0.467. The van der Waals surface area contributed by atoms with Crippen molar-refractivity contribution in [2.75, 3.05) is 11.8 Å². The lowest BCUT2D eigenvalue weighted by atomic mass is 9.84. The van der Waals surface area contributed by atoms with Gasteiger partial charge in [-0.25, -0.2) is 0 Å². The van der Waals surface area contributed by atoms with Gasteiger partial charge in [-0.3, -0.25) is 9.59 Å². The first-order valence-electron chi connectivity index (χ1n) is 6.49. The number of amides is 1. The average molecular weight is 332 g/mol. The molecule has 0 atom stereocenters. The van der Waals surface area contributed by atoms with Crippen LogP contribution < -0.4 is 5.32 Å². The highest BCUT2D eigenvalue weighted by Crippen LogP contribution is 2.31. The number of aromatic hydroxyl groups is 1. The number of carbonyl (C=O) groups excluding carboxylic acids is 2. The number of hydrogen-bond donors (Lipinski definition) is 2. The maximum atomic E-state index is 11.9. The van der Waals surface area contributed by atoms with Gasteiger partial charge in [0, 0.05) is 12.1 Å². The summed E-state index contributed by atoms with van der Waals surface area (Å²) >= 11 is 11.0. The molecule has 0 aliphatic carbocycles. The maximum Gasteiger partial charge on any atom is 0.235 e. The van der Waals surface area contributed by atoms with E-state index < -0.39 is 0 Å². The van der Waals surface area contributed by atoms with Gasteiger partial charge >= 0.3 is 0 Å². The quantitative estimate of drug-likeness (QED) is 0.643. The fourth-order valence-electron chi connectivity index (χ4n) is 1.79. The van der Waals surface area contributed by atoms with Gasteiger partial charge in [-0.05, 0) is 23.1 Å². The highest BCUT2D eigenvalue weighted by atomic mass is 35.5. The summed E-state index contributed by atoms with van der Waals surface area (Å²) in [6.07, 6.45) is 0. The second kappa shape index (κ2) is 7.14. The molecule has 0 saturated carbocycles. The van der Waals surface area contributed by atoms with Crippen LogP contribution in [0.2, 0.25) is 0 Å². The van der Waals surface area contributed by atoms with Crippen LogP contribution in [0.15, 0.2) is 12.1 Å². The number of halogens is 2. The van der Waals surface area contributed by atoms with Gasteiger partial charge in [-0.2, -0.15) is 0 Å². The van der Waals surface area contributed by atoms with Crippen LogP contribution >= 0.6 is 23.2 Å². The van der Waals surface area contributed by atoms with Gasteiger partial charge in [-0.1, -0.05) is 20.8 Å². The molecular formula is C15H19Cl2NO3. The molecule has 1 rings (SSSR count). The fourth-order valence-corrected chi connectivity index (χ4v) is 2.03. The van der Waals surface area contributed by atoms with Crippen LogP contribution in [-0.4, -0.2) is 28.6 Å². The van der Waals surface area contributed by atoms with E-state index in [1.807, 2.05) is 20.8 Å². The Bertz CT molecular complexity index is 551. The number of rotatable bonds is 5. The molecule has 1 amide bonds. The smallest absolute Gasteiger partial charge is 0.235 e. The van der Waals surface area contributed by atoms with E-state index in [2.05, 4.69) is 5.32 Å². The number of phenolic OH excluding ortho intramolecular Hbond substituents is 1. The number of phenols is 1. The summed E-state index contributed by atoms with van der Waals surface area (Å²) in [6.45, 7) is 6.09. The van der Waals surface area contributed by atoms with Crippen molar-refractivity contribution in [2.45, 2.75) is 32.7 Å². The SMILES string of the molecule is CC(C)(C)c1cc(CNC(=O)CCl)c(O)c(C(=O)CCl)c1. The Morgan fingerprint density at radius 1 is 1.19 bits per heavy atom. The minimum Gasteiger partial charge on any atom is -0.507 e. The predicted octanol–water partition coefficient (Wildman–Crippen LogP) is 2.97. The minimum absolute atomic E-state index is 0.101. The van der Waals surface area contributed by atoms with Gasteiger partial charge in [0.1, 0.15) is 11.6 Å². The van der Waals surface area contributed by atoms with Crippen molar-refractivity contribution in [3.8, 4) is 5.75 Å². The number of nitrogens with one attached hydrogen (secondary N) is 1. The van der Waals surface area contributed by atoms with E-state index >= 15 is 0 Å². The molecule has 4 nitrogen and oxygen atoms in total. The zero-order chi connectivity index (χ0) is 16.2. The number of benzene rings is 1. The summed E-state index contributed by atoms with van der Waals surface area (Å²) in [4.78, 5) is 23.1. The zero-order valence-electron chi connectivity index (χ0n) is 12.3. The summed E-state index contributed by atoms with van der Waals surface area (Å²) in [6, 6.07) is 3.42. The molecular weight excluding hydrogens is 313 g/mol. The van der Waals surface area contributed by atoms with Gasteiger partial charge in [0.15, 0.2) is 5.78 Å². The van der Waals surface area contributed by atoms with E-state index in [-0.39, 0.29) is 46.7 Å². The Morgan fingerprint density at radius 2 is 1.81 bits per heavy atom. The lowest BCUT2D eigenvalue weighted by Gasteiger charge is -2.22. The third kappa shape index (κ3) is 4.61. The molecule has 0 aliphatic heterocycles. The van der Waals surface area contributed by atoms with Crippen LogP contribution in [0.1, 0.15) is 42.3 Å². The summed E-state index contributed by atoms with van der Waals surface area (Å²) in [7, 11) is 0. The first kappa shape index (κ1) is 17.8. The van der Waals surface area contributed by atoms with E-state index in [4.69, 9.17) is 23.2 Å². The summed E-state index contributed by atoms with van der Waals surface area (Å²) in [5.74, 6) is -1.22. The second-order valence-corrected chi connectivity index (χ2v) is 6.28. The van der Waals surface area contributed by atoms with Crippen molar-refractivity contribution >= 4 is 34.9 Å². The molecule has 0 aromatic heterocycles. The normalized spacial score (nSPS) is 11.3. The molecule has 116 valence electrons. The van der Waals surface area contributed by atoms with Gasteiger partial charge in [0.2, 0.25) is 5.91 Å². The summed E-state index contributed by atoms with van der Waals surface area (Å²) < 4.78 is 0. The Hall–Kier alpha value is -1.26. The molecule has 1 aromatic carbocycles. The Kier molecular flexibility index (Phi) is 6.05. The topological polar surface area (TPSA) is 66.4 Å². The highest BCUT2D eigenvalue weighted by Gasteiger charge is 2.21. The maximum absolute atomic E-state index is 11.9. The number of Topliss-reactive ketones (excluding diaryl/α,β-unsaturated/α-hetero) is 1. The standard InChI is InChI=1S/C15H19Cl2NO3/c1-15(2,3)10-4-9(8-18-13(20)7-17)14(21)11(5-10)12(19)6-16/h4-5,21H,6-8H2,1-3H3,(H,18,20). The van der Waals surface area contributed by atoms with Crippen molar-refractivity contribution in [3.05, 3.63) is 28.8 Å². The Morgan fingerprint density at radius 3 is 2.29 bits per heavy atom. The van der Waals surface area contributed by atoms with Crippen molar-refractivity contribution < 1.29 is 14.7 Å². The molecule has 0 spiro atoms. The summed E-state index contributed by atoms with van der Waals surface area (Å²) in [5.41, 5.74) is 1.31. The molecule has 0 heterocycles. The van der Waals surface area contributed by atoms with Crippen LogP contribution in [0, 0.1) is 0 Å². The van der Waals surface area contributed by atoms with Gasteiger partial charge in [0.25, 0.3) is 0 Å². The van der Waals surface area contributed by atoms with E-state index in [0.717, 1.165) is 5.56 Å². The molecule has 0 radical (unpaired) electrons. The minimum atomic E-state index is -0.356. The molecule has 2 N–H and O–H groups in total. The van der Waals surface area contributed by atoms with E-state index in [9.17, 15) is 14.7 Å². The third-order valence-electron chi connectivity index (χ3n) is 3.07. The lowest BCUT2D eigenvalue weighted by Crippen LogP contribution is -2.24. The van der Waals surface area contributed by atoms with Crippen molar-refractivity contribution in [3.63, 3.8) is 0 Å². The van der Waals surface area contributed by atoms with Gasteiger partial charge < -0.3 is 10.4 Å². The van der Waals surface area contributed by atoms with Crippen LogP contribution in [0.5, 0.6) is 5.75 Å². The van der Waals surface area contributed by atoms with Crippen molar-refractivity contribution in [1.82, 2.24) is 5.32 Å². The van der Waals surface area contributed by atoms with E-state index in [0.29, 0.717) is 5.56 Å². The molecule has 0 fully saturated rings. The largest absolute Gasteiger partial charge is 0.507 e. The zero-order valence-corrected chi connectivity index (χ0v) is 13.8. The molecule has 21 heavy (non-hydrogen) atoms. The van der Waals surface area contributed by atoms with E-state index in [1.54, 1.807) is 12.1 Å². The van der Waals surface area contributed by atoms with Crippen molar-refractivity contribution in [2.24, 2.45) is 0 Å². The molecule has 6 heteroatoms. The molecule has 0 bridgehead atoms. The molecule has 0 saturated heterocycles. The molecule has 0 unspecified atom stereocenters. The predicted molar refractivity (Wildman–Crippen MR) is 84.4 cm³/mol. The summed E-state index contributed by atoms with van der Waals surface area (Å²) in [5, 5.41) is 12.8. The van der Waals surface area contributed by atoms with Gasteiger partial charge in [0.05, 0.1) is 11.4 Å². The highest BCUT2D eigenvalue weighted by molar-refractivity contribution is 6.30. The van der Waals surface area contributed by atoms with Crippen LogP contribution in [-0.2, 0) is 16.8 Å². The number of ketones is 1. The Balaban J connectivity index is 3.28. The van der Waals surface area contributed by atoms with Crippen LogP contribution in [0.25, 0.3) is 0 Å².